The number of hydrogen-bond acceptors (Lipinski definition) is 5. The number of fused-ring (bicyclic) bond motifs is 1. The molecule has 1 aliphatic rings. The average Bonchev–Trinajstić information content (AvgIpc) is 2.88. The summed E-state index contributed by atoms with van der Waals surface area (Å²) < 4.78 is 44.9. The predicted octanol–water partition coefficient (Wildman–Crippen LogP) is 6.55. The van der Waals surface area contributed by atoms with Crippen molar-refractivity contribution < 1.29 is 17.9 Å². The van der Waals surface area contributed by atoms with Gasteiger partial charge in [-0.15, -0.1) is 0 Å². The molecule has 2 aromatic heterocycles. The highest BCUT2D eigenvalue weighted by Gasteiger charge is 2.30. The molecule has 0 aliphatic carbocycles. The van der Waals surface area contributed by atoms with E-state index in [1.165, 1.54) is 12.1 Å². The number of benzene rings is 2. The van der Waals surface area contributed by atoms with Crippen molar-refractivity contribution >= 4 is 15.9 Å². The molecule has 1 aliphatic heterocycles. The van der Waals surface area contributed by atoms with E-state index >= 15 is 0 Å². The quantitative estimate of drug-likeness (QED) is 0.280. The minimum atomic E-state index is -4.36. The summed E-state index contributed by atoms with van der Waals surface area (Å²) in [6, 6.07) is 14.9. The van der Waals surface area contributed by atoms with Gasteiger partial charge in [0.05, 0.1) is 24.1 Å². The molecule has 0 saturated carbocycles. The summed E-state index contributed by atoms with van der Waals surface area (Å²) in [4.78, 5) is 16.0. The Hall–Kier alpha value is -3.30. The van der Waals surface area contributed by atoms with Gasteiger partial charge in [0.1, 0.15) is 5.75 Å². The Bertz CT molecular complexity index is 1380. The molecule has 0 amide bonds. The van der Waals surface area contributed by atoms with Gasteiger partial charge in [-0.1, -0.05) is 34.1 Å². The summed E-state index contributed by atoms with van der Waals surface area (Å²) in [7, 11) is 1.64. The Morgan fingerprint density at radius 1 is 1.00 bits per heavy atom. The Morgan fingerprint density at radius 3 is 2.50 bits per heavy atom. The number of aromatic nitrogens is 3. The Balaban J connectivity index is 1.27. The number of nitrogens with zero attached hydrogens (tertiary/aromatic N) is 4. The van der Waals surface area contributed by atoms with Gasteiger partial charge >= 0.3 is 6.18 Å². The van der Waals surface area contributed by atoms with E-state index in [-0.39, 0.29) is 0 Å². The second-order valence-corrected chi connectivity index (χ2v) is 9.51. The number of methoxy groups -OCH3 is 1. The van der Waals surface area contributed by atoms with Crippen molar-refractivity contribution in [3.05, 3.63) is 93.8 Å². The third-order valence-corrected chi connectivity index (χ3v) is 6.65. The van der Waals surface area contributed by atoms with E-state index in [1.807, 2.05) is 30.5 Å². The molecule has 2 aromatic carbocycles. The zero-order valence-corrected chi connectivity index (χ0v) is 21.0. The highest BCUT2D eigenvalue weighted by Crippen LogP contribution is 2.32. The summed E-state index contributed by atoms with van der Waals surface area (Å²) in [5.74, 6) is 1.21. The fourth-order valence-corrected chi connectivity index (χ4v) is 4.63. The van der Waals surface area contributed by atoms with Gasteiger partial charge in [-0.05, 0) is 42.0 Å². The molecule has 0 unspecified atom stereocenters. The standard InChI is InChI=1S/C27H22BrF3N4O/c1-36-25-9-7-21(28)12-22(25)24-8-2-17(13-32-24)15-35-11-10-23-19(16-35)14-33-26(34-23)18-3-5-20(6-4-18)27(29,30)31/h2-9,12-14H,10-11,15-16H2,1H3. The van der Waals surface area contributed by atoms with Crippen molar-refractivity contribution in [3.8, 4) is 28.4 Å². The molecule has 4 aromatic rings. The van der Waals surface area contributed by atoms with Crippen LogP contribution < -0.4 is 4.74 Å². The van der Waals surface area contributed by atoms with Crippen molar-refractivity contribution in [2.75, 3.05) is 13.7 Å². The zero-order chi connectivity index (χ0) is 25.3. The maximum Gasteiger partial charge on any atom is 0.416 e. The predicted molar refractivity (Wildman–Crippen MR) is 134 cm³/mol. The third-order valence-electron chi connectivity index (χ3n) is 6.15. The summed E-state index contributed by atoms with van der Waals surface area (Å²) >= 11 is 3.50. The maximum absolute atomic E-state index is 12.8. The number of alkyl halides is 3. The van der Waals surface area contributed by atoms with E-state index in [0.29, 0.717) is 17.9 Å². The van der Waals surface area contributed by atoms with Crippen LogP contribution in [0.15, 0.2) is 71.5 Å². The molecule has 5 rings (SSSR count). The molecule has 0 N–H and O–H groups in total. The number of ether oxygens (including phenoxy) is 1. The molecule has 0 bridgehead atoms. The van der Waals surface area contributed by atoms with Crippen molar-refractivity contribution in [1.29, 1.82) is 0 Å². The number of rotatable bonds is 5. The van der Waals surface area contributed by atoms with Gasteiger partial charge in [-0.2, -0.15) is 13.2 Å². The first kappa shape index (κ1) is 24.4. The smallest absolute Gasteiger partial charge is 0.416 e. The van der Waals surface area contributed by atoms with Crippen molar-refractivity contribution in [1.82, 2.24) is 19.9 Å². The molecule has 9 heteroatoms. The fraction of sp³-hybridized carbons (Fsp3) is 0.222. The molecule has 0 radical (unpaired) electrons. The monoisotopic (exact) mass is 554 g/mol. The lowest BCUT2D eigenvalue weighted by atomic mass is 10.1. The van der Waals surface area contributed by atoms with Crippen molar-refractivity contribution in [2.45, 2.75) is 25.7 Å². The van der Waals surface area contributed by atoms with Gasteiger partial charge in [0.15, 0.2) is 5.82 Å². The highest BCUT2D eigenvalue weighted by atomic mass is 79.9. The first-order valence-electron chi connectivity index (χ1n) is 11.3. The molecule has 184 valence electrons. The Kier molecular flexibility index (Phi) is 6.77. The van der Waals surface area contributed by atoms with Gasteiger partial charge < -0.3 is 4.74 Å². The van der Waals surface area contributed by atoms with Crippen LogP contribution in [0.3, 0.4) is 0 Å². The lowest BCUT2D eigenvalue weighted by Crippen LogP contribution is -2.31. The van der Waals surface area contributed by atoms with Gasteiger partial charge in [0.25, 0.3) is 0 Å². The molecule has 5 nitrogen and oxygen atoms in total. The summed E-state index contributed by atoms with van der Waals surface area (Å²) in [5.41, 5.74) is 4.71. The SMILES string of the molecule is COc1ccc(Br)cc1-c1ccc(CN2CCc3nc(-c4ccc(C(F)(F)F)cc4)ncc3C2)cn1. The highest BCUT2D eigenvalue weighted by molar-refractivity contribution is 9.10. The van der Waals surface area contributed by atoms with Crippen LogP contribution in [0.5, 0.6) is 5.75 Å². The number of pyridine rings is 1. The van der Waals surface area contributed by atoms with Crippen LogP contribution in [0.1, 0.15) is 22.4 Å². The van der Waals surface area contributed by atoms with Crippen molar-refractivity contribution in [2.24, 2.45) is 0 Å². The van der Waals surface area contributed by atoms with Crippen LogP contribution in [-0.4, -0.2) is 33.5 Å². The molecule has 0 spiro atoms. The molecule has 0 atom stereocenters. The molecule has 36 heavy (non-hydrogen) atoms. The van der Waals surface area contributed by atoms with E-state index in [0.717, 1.165) is 69.9 Å². The van der Waals surface area contributed by atoms with E-state index < -0.39 is 11.7 Å². The van der Waals surface area contributed by atoms with Crippen LogP contribution in [0.2, 0.25) is 0 Å². The van der Waals surface area contributed by atoms with E-state index in [4.69, 9.17) is 4.74 Å². The first-order valence-corrected chi connectivity index (χ1v) is 12.1. The molecular weight excluding hydrogens is 533 g/mol. The minimum Gasteiger partial charge on any atom is -0.496 e. The molecule has 0 saturated heterocycles. The number of halogens is 4. The normalized spacial score (nSPS) is 13.9. The van der Waals surface area contributed by atoms with Gasteiger partial charge in [0, 0.05) is 59.6 Å². The summed E-state index contributed by atoms with van der Waals surface area (Å²) in [5, 5.41) is 0. The molecule has 0 fully saturated rings. The first-order chi connectivity index (χ1) is 17.3. The van der Waals surface area contributed by atoms with Crippen LogP contribution in [0.25, 0.3) is 22.6 Å². The molecular formula is C27H22BrF3N4O. The van der Waals surface area contributed by atoms with Gasteiger partial charge in [-0.3, -0.25) is 9.88 Å². The van der Waals surface area contributed by atoms with E-state index in [2.05, 4.69) is 41.8 Å². The summed E-state index contributed by atoms with van der Waals surface area (Å²) in [6.45, 7) is 2.25. The average molecular weight is 555 g/mol. The third kappa shape index (κ3) is 5.27. The molecule has 3 heterocycles. The van der Waals surface area contributed by atoms with E-state index in [9.17, 15) is 13.2 Å². The van der Waals surface area contributed by atoms with Crippen LogP contribution in [-0.2, 0) is 25.7 Å². The second-order valence-electron chi connectivity index (χ2n) is 8.60. The Labute approximate surface area is 215 Å². The van der Waals surface area contributed by atoms with Crippen molar-refractivity contribution in [3.63, 3.8) is 0 Å². The topological polar surface area (TPSA) is 51.1 Å². The minimum absolute atomic E-state index is 0.443. The van der Waals surface area contributed by atoms with E-state index in [1.54, 1.807) is 13.3 Å². The lowest BCUT2D eigenvalue weighted by Gasteiger charge is -2.28. The Morgan fingerprint density at radius 2 is 1.81 bits per heavy atom. The van der Waals surface area contributed by atoms with Crippen LogP contribution in [0, 0.1) is 0 Å². The lowest BCUT2D eigenvalue weighted by molar-refractivity contribution is -0.137. The maximum atomic E-state index is 12.8. The fourth-order valence-electron chi connectivity index (χ4n) is 4.27. The van der Waals surface area contributed by atoms with Gasteiger partial charge in [0.2, 0.25) is 0 Å². The second kappa shape index (κ2) is 9.99. The van der Waals surface area contributed by atoms with Crippen LogP contribution >= 0.6 is 15.9 Å². The summed E-state index contributed by atoms with van der Waals surface area (Å²) in [6.07, 6.45) is 0.0458. The largest absolute Gasteiger partial charge is 0.496 e. The van der Waals surface area contributed by atoms with Gasteiger partial charge in [-0.25, -0.2) is 9.97 Å². The number of hydrogen-bond donors (Lipinski definition) is 0. The van der Waals surface area contributed by atoms with Crippen LogP contribution in [0.4, 0.5) is 13.2 Å². The zero-order valence-electron chi connectivity index (χ0n) is 19.4.